The highest BCUT2D eigenvalue weighted by Crippen LogP contribution is 2.34. The topological polar surface area (TPSA) is 88.1 Å². The lowest BCUT2D eigenvalue weighted by Gasteiger charge is -2.34. The first-order valence-corrected chi connectivity index (χ1v) is 9.80. The van der Waals surface area contributed by atoms with E-state index in [9.17, 15) is 9.59 Å². The third-order valence-corrected chi connectivity index (χ3v) is 5.52. The highest BCUT2D eigenvalue weighted by molar-refractivity contribution is 5.93. The molecule has 0 bridgehead atoms. The SMILES string of the molecule is O=C(NO)c1ccc2c(c1)OCC(c1ccccc1)N(C(=O)C1CCCOC1)C2. The predicted octanol–water partition coefficient (Wildman–Crippen LogP) is 2.69. The summed E-state index contributed by atoms with van der Waals surface area (Å²) in [6, 6.07) is 14.6. The lowest BCUT2D eigenvalue weighted by Crippen LogP contribution is -2.42. The summed E-state index contributed by atoms with van der Waals surface area (Å²) in [6.45, 7) is 1.81. The summed E-state index contributed by atoms with van der Waals surface area (Å²) < 4.78 is 11.6. The van der Waals surface area contributed by atoms with Crippen LogP contribution >= 0.6 is 0 Å². The van der Waals surface area contributed by atoms with Crippen molar-refractivity contribution in [1.29, 1.82) is 0 Å². The number of hydrogen-bond acceptors (Lipinski definition) is 5. The zero-order chi connectivity index (χ0) is 20.2. The van der Waals surface area contributed by atoms with Crippen molar-refractivity contribution >= 4 is 11.8 Å². The summed E-state index contributed by atoms with van der Waals surface area (Å²) in [6.07, 6.45) is 1.70. The number of fused-ring (bicyclic) bond motifs is 1. The van der Waals surface area contributed by atoms with Gasteiger partial charge in [0, 0.05) is 17.7 Å². The van der Waals surface area contributed by atoms with Gasteiger partial charge in [0.2, 0.25) is 5.91 Å². The Kier molecular flexibility index (Phi) is 5.78. The maximum Gasteiger partial charge on any atom is 0.274 e. The molecule has 2 N–H and O–H groups in total. The summed E-state index contributed by atoms with van der Waals surface area (Å²) >= 11 is 0. The second-order valence-corrected chi connectivity index (χ2v) is 7.38. The molecule has 2 unspecified atom stereocenters. The van der Waals surface area contributed by atoms with Crippen molar-refractivity contribution in [2.45, 2.75) is 25.4 Å². The molecule has 0 aromatic heterocycles. The van der Waals surface area contributed by atoms with Crippen molar-refractivity contribution in [2.75, 3.05) is 19.8 Å². The summed E-state index contributed by atoms with van der Waals surface area (Å²) in [5.41, 5.74) is 3.75. The molecule has 7 nitrogen and oxygen atoms in total. The van der Waals surface area contributed by atoms with Crippen LogP contribution in [0.15, 0.2) is 48.5 Å². The normalized spacial score (nSPS) is 21.5. The number of carbonyl (C=O) groups is 2. The number of ether oxygens (including phenoxy) is 2. The zero-order valence-corrected chi connectivity index (χ0v) is 16.0. The number of rotatable bonds is 3. The second-order valence-electron chi connectivity index (χ2n) is 7.38. The lowest BCUT2D eigenvalue weighted by atomic mass is 9.97. The molecule has 2 aliphatic heterocycles. The van der Waals surface area contributed by atoms with Crippen LogP contribution in [0.5, 0.6) is 5.75 Å². The van der Waals surface area contributed by atoms with E-state index in [-0.39, 0.29) is 24.5 Å². The maximum atomic E-state index is 13.4. The molecule has 4 rings (SSSR count). The van der Waals surface area contributed by atoms with Crippen LogP contribution in [0.25, 0.3) is 0 Å². The maximum absolute atomic E-state index is 13.4. The van der Waals surface area contributed by atoms with E-state index in [2.05, 4.69) is 0 Å². The summed E-state index contributed by atoms with van der Waals surface area (Å²) in [4.78, 5) is 27.0. The van der Waals surface area contributed by atoms with Gasteiger partial charge in [0.1, 0.15) is 12.4 Å². The van der Waals surface area contributed by atoms with Crippen LogP contribution in [0.1, 0.15) is 40.4 Å². The van der Waals surface area contributed by atoms with Gasteiger partial charge in [-0.2, -0.15) is 0 Å². The first-order valence-electron chi connectivity index (χ1n) is 9.80. The number of amides is 2. The van der Waals surface area contributed by atoms with Gasteiger partial charge in [-0.25, -0.2) is 5.48 Å². The van der Waals surface area contributed by atoms with Gasteiger partial charge >= 0.3 is 0 Å². The Morgan fingerprint density at radius 2 is 1.93 bits per heavy atom. The molecular weight excluding hydrogens is 372 g/mol. The quantitative estimate of drug-likeness (QED) is 0.615. The molecule has 2 heterocycles. The Labute approximate surface area is 169 Å². The smallest absolute Gasteiger partial charge is 0.274 e. The number of nitrogens with zero attached hydrogens (tertiary/aromatic N) is 1. The largest absolute Gasteiger partial charge is 0.491 e. The van der Waals surface area contributed by atoms with E-state index in [1.807, 2.05) is 35.2 Å². The molecule has 1 saturated heterocycles. The van der Waals surface area contributed by atoms with Gasteiger partial charge in [-0.05, 0) is 30.5 Å². The molecule has 1 fully saturated rings. The monoisotopic (exact) mass is 396 g/mol. The molecule has 2 atom stereocenters. The number of benzene rings is 2. The van der Waals surface area contributed by atoms with Gasteiger partial charge in [-0.1, -0.05) is 36.4 Å². The molecule has 2 aromatic carbocycles. The van der Waals surface area contributed by atoms with Crippen LogP contribution in [-0.2, 0) is 16.1 Å². The average molecular weight is 396 g/mol. The van der Waals surface area contributed by atoms with Crippen molar-refractivity contribution < 1.29 is 24.3 Å². The lowest BCUT2D eigenvalue weighted by molar-refractivity contribution is -0.143. The van der Waals surface area contributed by atoms with E-state index in [4.69, 9.17) is 14.7 Å². The summed E-state index contributed by atoms with van der Waals surface area (Å²) in [7, 11) is 0. The number of carbonyl (C=O) groups excluding carboxylic acids is 2. The van der Waals surface area contributed by atoms with Crippen LogP contribution in [0, 0.1) is 5.92 Å². The van der Waals surface area contributed by atoms with Gasteiger partial charge in [-0.3, -0.25) is 14.8 Å². The van der Waals surface area contributed by atoms with Crippen molar-refractivity contribution in [1.82, 2.24) is 10.4 Å². The molecule has 0 spiro atoms. The number of nitrogens with one attached hydrogen (secondary N) is 1. The van der Waals surface area contributed by atoms with Gasteiger partial charge in [0.25, 0.3) is 5.91 Å². The molecule has 2 aliphatic rings. The molecule has 29 heavy (non-hydrogen) atoms. The van der Waals surface area contributed by atoms with E-state index >= 15 is 0 Å². The van der Waals surface area contributed by atoms with Crippen LogP contribution in [0.2, 0.25) is 0 Å². The molecule has 0 radical (unpaired) electrons. The van der Waals surface area contributed by atoms with Crippen molar-refractivity contribution in [3.05, 3.63) is 65.2 Å². The Morgan fingerprint density at radius 3 is 2.66 bits per heavy atom. The minimum absolute atomic E-state index is 0.0622. The zero-order valence-electron chi connectivity index (χ0n) is 16.0. The Bertz CT molecular complexity index is 880. The molecular formula is C22H24N2O5. The van der Waals surface area contributed by atoms with Crippen LogP contribution in [0.4, 0.5) is 0 Å². The van der Waals surface area contributed by atoms with Crippen molar-refractivity contribution in [3.8, 4) is 5.75 Å². The Hall–Kier alpha value is -2.90. The molecule has 0 aliphatic carbocycles. The van der Waals surface area contributed by atoms with E-state index < -0.39 is 5.91 Å². The number of hydrogen-bond donors (Lipinski definition) is 2. The third-order valence-electron chi connectivity index (χ3n) is 5.52. The second kappa shape index (κ2) is 8.63. The van der Waals surface area contributed by atoms with Gasteiger partial charge in [-0.15, -0.1) is 0 Å². The highest BCUT2D eigenvalue weighted by Gasteiger charge is 2.34. The van der Waals surface area contributed by atoms with Crippen LogP contribution in [0.3, 0.4) is 0 Å². The fourth-order valence-corrected chi connectivity index (χ4v) is 3.93. The fourth-order valence-electron chi connectivity index (χ4n) is 3.93. The fraction of sp³-hybridized carbons (Fsp3) is 0.364. The van der Waals surface area contributed by atoms with Gasteiger partial charge < -0.3 is 14.4 Å². The van der Waals surface area contributed by atoms with Gasteiger partial charge in [0.15, 0.2) is 0 Å². The first-order chi connectivity index (χ1) is 14.2. The average Bonchev–Trinajstić information content (AvgIpc) is 2.98. The molecule has 2 amide bonds. The van der Waals surface area contributed by atoms with E-state index in [1.54, 1.807) is 23.7 Å². The predicted molar refractivity (Wildman–Crippen MR) is 104 cm³/mol. The number of hydroxylamine groups is 1. The molecule has 0 saturated carbocycles. The van der Waals surface area contributed by atoms with Crippen molar-refractivity contribution in [3.63, 3.8) is 0 Å². The Balaban J connectivity index is 1.68. The van der Waals surface area contributed by atoms with Crippen molar-refractivity contribution in [2.24, 2.45) is 5.92 Å². The molecule has 152 valence electrons. The highest BCUT2D eigenvalue weighted by atomic mass is 16.5. The van der Waals surface area contributed by atoms with Gasteiger partial charge in [0.05, 0.1) is 25.1 Å². The van der Waals surface area contributed by atoms with Crippen LogP contribution in [-0.4, -0.2) is 41.7 Å². The minimum atomic E-state index is -0.604. The standard InChI is InChI=1S/C22H24N2O5/c25-21(23-27)16-8-9-17-12-24(22(26)18-7-4-10-28-13-18)19(14-29-20(17)11-16)15-5-2-1-3-6-15/h1-3,5-6,8-9,11,18-19,27H,4,7,10,12-14H2,(H,23,25). The summed E-state index contributed by atoms with van der Waals surface area (Å²) in [5.74, 6) is -0.155. The van der Waals surface area contributed by atoms with E-state index in [0.29, 0.717) is 31.1 Å². The molecule has 7 heteroatoms. The third kappa shape index (κ3) is 4.11. The van der Waals surface area contributed by atoms with Crippen LogP contribution < -0.4 is 10.2 Å². The minimum Gasteiger partial charge on any atom is -0.491 e. The Morgan fingerprint density at radius 1 is 1.10 bits per heavy atom. The molecule has 2 aromatic rings. The first kappa shape index (κ1) is 19.4. The summed E-state index contributed by atoms with van der Waals surface area (Å²) in [5, 5.41) is 8.89. The van der Waals surface area contributed by atoms with E-state index in [0.717, 1.165) is 24.0 Å². The van der Waals surface area contributed by atoms with E-state index in [1.165, 1.54) is 0 Å².